The molecule has 0 bridgehead atoms. The number of aromatic nitrogens is 2. The molecule has 11 heavy (non-hydrogen) atoms. The van der Waals surface area contributed by atoms with E-state index in [1.54, 1.807) is 12.1 Å². The normalized spacial score (nSPS) is 11.5. The minimum atomic E-state index is -0.129. The van der Waals surface area contributed by atoms with Gasteiger partial charge >= 0.3 is 0 Å². The fourth-order valence-corrected chi connectivity index (χ4v) is 0.896. The van der Waals surface area contributed by atoms with E-state index in [9.17, 15) is 5.21 Å². The molecule has 1 aromatic rings. The van der Waals surface area contributed by atoms with Crippen molar-refractivity contribution in [3.8, 4) is 0 Å². The summed E-state index contributed by atoms with van der Waals surface area (Å²) in [5, 5.41) is 14.7. The maximum atomic E-state index is 11.1. The van der Waals surface area contributed by atoms with Gasteiger partial charge in [0.05, 0.1) is 11.6 Å². The van der Waals surface area contributed by atoms with Gasteiger partial charge in [0.25, 0.3) is 0 Å². The van der Waals surface area contributed by atoms with Gasteiger partial charge in [0.1, 0.15) is 0 Å². The second kappa shape index (κ2) is 2.49. The molecule has 0 unspecified atom stereocenters. The predicted octanol–water partition coefficient (Wildman–Crippen LogP) is 1.01. The molecule has 0 fully saturated rings. The first-order chi connectivity index (χ1) is 5.02. The van der Waals surface area contributed by atoms with Gasteiger partial charge in [-0.15, -0.1) is 0 Å². The maximum Gasteiger partial charge on any atom is 0.227 e. The number of hydrogen-bond donors (Lipinski definition) is 0. The Bertz CT molecular complexity index is 253. The predicted molar refractivity (Wildman–Crippen MR) is 41.9 cm³/mol. The molecule has 1 aromatic heterocycles. The van der Waals surface area contributed by atoms with Crippen molar-refractivity contribution in [3.05, 3.63) is 29.2 Å². The second-order valence-corrected chi connectivity index (χ2v) is 3.53. The van der Waals surface area contributed by atoms with E-state index in [2.05, 4.69) is 5.10 Å². The first-order valence-electron chi connectivity index (χ1n) is 3.57. The third kappa shape index (κ3) is 1.67. The van der Waals surface area contributed by atoms with Gasteiger partial charge in [-0.2, -0.15) is 0 Å². The summed E-state index contributed by atoms with van der Waals surface area (Å²) < 4.78 is 0. The van der Waals surface area contributed by atoms with E-state index in [0.29, 0.717) is 10.5 Å². The Balaban J connectivity index is 3.14. The molecule has 0 N–H and O–H groups in total. The van der Waals surface area contributed by atoms with Crippen LogP contribution >= 0.6 is 0 Å². The van der Waals surface area contributed by atoms with Crippen molar-refractivity contribution in [1.82, 2.24) is 5.10 Å². The van der Waals surface area contributed by atoms with Gasteiger partial charge in [-0.1, -0.05) is 25.6 Å². The van der Waals surface area contributed by atoms with E-state index >= 15 is 0 Å². The monoisotopic (exact) mass is 152 g/mol. The van der Waals surface area contributed by atoms with Crippen LogP contribution in [0.15, 0.2) is 18.3 Å². The van der Waals surface area contributed by atoms with Crippen LogP contribution in [0.1, 0.15) is 26.5 Å². The summed E-state index contributed by atoms with van der Waals surface area (Å²) in [5.74, 6) is 0. The van der Waals surface area contributed by atoms with E-state index in [4.69, 9.17) is 0 Å². The van der Waals surface area contributed by atoms with E-state index < -0.39 is 0 Å². The summed E-state index contributed by atoms with van der Waals surface area (Å²) in [6, 6.07) is 3.56. The molecule has 0 atom stereocenters. The molecule has 0 saturated heterocycles. The lowest BCUT2D eigenvalue weighted by atomic mass is 9.92. The van der Waals surface area contributed by atoms with Crippen LogP contribution in [-0.2, 0) is 5.41 Å². The third-order valence-corrected chi connectivity index (χ3v) is 1.49. The minimum Gasteiger partial charge on any atom is -0.594 e. The summed E-state index contributed by atoms with van der Waals surface area (Å²) in [6.07, 6.45) is 1.49. The van der Waals surface area contributed by atoms with Crippen LogP contribution in [0.4, 0.5) is 0 Å². The lowest BCUT2D eigenvalue weighted by molar-refractivity contribution is -0.680. The molecule has 0 saturated carbocycles. The molecule has 60 valence electrons. The topological polar surface area (TPSA) is 39.8 Å². The Labute approximate surface area is 66.3 Å². The van der Waals surface area contributed by atoms with Gasteiger partial charge in [-0.05, 0) is 6.07 Å². The standard InChI is InChI=1S/C8H12N2O/c1-8(2,3)7-5-4-6-9-10(7)11/h4-6H,1-3H3. The summed E-state index contributed by atoms with van der Waals surface area (Å²) in [5.41, 5.74) is 0.565. The Morgan fingerprint density at radius 1 is 1.45 bits per heavy atom. The van der Waals surface area contributed by atoms with Crippen LogP contribution in [-0.4, -0.2) is 5.10 Å². The summed E-state index contributed by atoms with van der Waals surface area (Å²) in [6.45, 7) is 5.95. The maximum absolute atomic E-state index is 11.1. The zero-order valence-electron chi connectivity index (χ0n) is 7.03. The number of hydrogen-bond acceptors (Lipinski definition) is 2. The van der Waals surface area contributed by atoms with Crippen molar-refractivity contribution in [1.29, 1.82) is 0 Å². The molecular formula is C8H12N2O. The molecule has 0 aliphatic heterocycles. The van der Waals surface area contributed by atoms with Crippen LogP contribution in [0.5, 0.6) is 0 Å². The largest absolute Gasteiger partial charge is 0.594 e. The van der Waals surface area contributed by atoms with Gasteiger partial charge in [-0.25, -0.2) is 0 Å². The highest BCUT2D eigenvalue weighted by Gasteiger charge is 2.23. The smallest absolute Gasteiger partial charge is 0.227 e. The van der Waals surface area contributed by atoms with Gasteiger partial charge in [-0.3, -0.25) is 0 Å². The second-order valence-electron chi connectivity index (χ2n) is 3.53. The first kappa shape index (κ1) is 7.98. The third-order valence-electron chi connectivity index (χ3n) is 1.49. The molecule has 0 radical (unpaired) electrons. The van der Waals surface area contributed by atoms with Gasteiger partial charge in [0, 0.05) is 11.2 Å². The highest BCUT2D eigenvalue weighted by Crippen LogP contribution is 2.16. The average molecular weight is 152 g/mol. The van der Waals surface area contributed by atoms with Gasteiger partial charge in [0.15, 0.2) is 0 Å². The number of nitrogens with zero attached hydrogens (tertiary/aromatic N) is 2. The zero-order chi connectivity index (χ0) is 8.48. The summed E-state index contributed by atoms with van der Waals surface area (Å²) >= 11 is 0. The molecule has 3 nitrogen and oxygen atoms in total. The molecular weight excluding hydrogens is 140 g/mol. The molecule has 0 amide bonds. The summed E-state index contributed by atoms with van der Waals surface area (Å²) in [4.78, 5) is 0.667. The van der Waals surface area contributed by atoms with Crippen molar-refractivity contribution in [2.75, 3.05) is 0 Å². The fraction of sp³-hybridized carbons (Fsp3) is 0.500. The van der Waals surface area contributed by atoms with Gasteiger partial charge in [0.2, 0.25) is 5.69 Å². The van der Waals surface area contributed by atoms with Crippen molar-refractivity contribution in [3.63, 3.8) is 0 Å². The Morgan fingerprint density at radius 3 is 2.45 bits per heavy atom. The Morgan fingerprint density at radius 2 is 2.09 bits per heavy atom. The van der Waals surface area contributed by atoms with Crippen LogP contribution in [0, 0.1) is 5.21 Å². The lowest BCUT2D eigenvalue weighted by Crippen LogP contribution is -2.41. The Kier molecular flexibility index (Phi) is 1.81. The van der Waals surface area contributed by atoms with Crippen LogP contribution in [0.25, 0.3) is 0 Å². The van der Waals surface area contributed by atoms with Crippen molar-refractivity contribution >= 4 is 0 Å². The SMILES string of the molecule is CC(C)(C)c1cccn[n+]1[O-]. The highest BCUT2D eigenvalue weighted by molar-refractivity contribution is 5.05. The van der Waals surface area contributed by atoms with Gasteiger partial charge < -0.3 is 5.21 Å². The van der Waals surface area contributed by atoms with E-state index in [0.717, 1.165) is 0 Å². The molecule has 1 rings (SSSR count). The summed E-state index contributed by atoms with van der Waals surface area (Å²) in [7, 11) is 0. The fourth-order valence-electron chi connectivity index (χ4n) is 0.896. The average Bonchev–Trinajstić information content (AvgIpc) is 1.86. The van der Waals surface area contributed by atoms with E-state index in [1.807, 2.05) is 20.8 Å². The van der Waals surface area contributed by atoms with E-state index in [-0.39, 0.29) is 5.41 Å². The molecule has 0 aromatic carbocycles. The minimum absolute atomic E-state index is 0.129. The molecule has 0 aliphatic rings. The van der Waals surface area contributed by atoms with Crippen LogP contribution in [0.3, 0.4) is 0 Å². The quantitative estimate of drug-likeness (QED) is 0.411. The Hall–Kier alpha value is -1.12. The van der Waals surface area contributed by atoms with Crippen LogP contribution in [0.2, 0.25) is 0 Å². The molecule has 1 heterocycles. The highest BCUT2D eigenvalue weighted by atomic mass is 16.5. The van der Waals surface area contributed by atoms with Crippen molar-refractivity contribution in [2.24, 2.45) is 0 Å². The zero-order valence-corrected chi connectivity index (χ0v) is 7.03. The first-order valence-corrected chi connectivity index (χ1v) is 3.57. The van der Waals surface area contributed by atoms with Crippen molar-refractivity contribution < 1.29 is 4.85 Å². The van der Waals surface area contributed by atoms with Crippen molar-refractivity contribution in [2.45, 2.75) is 26.2 Å². The van der Waals surface area contributed by atoms with E-state index in [1.165, 1.54) is 6.20 Å². The molecule has 0 spiro atoms. The van der Waals surface area contributed by atoms with Crippen LogP contribution < -0.4 is 4.85 Å². The molecule has 0 aliphatic carbocycles. The number of rotatable bonds is 0. The lowest BCUT2D eigenvalue weighted by Gasteiger charge is -2.14. The molecule has 3 heteroatoms.